The molecule has 3 nitrogen and oxygen atoms in total. The summed E-state index contributed by atoms with van der Waals surface area (Å²) in [6.07, 6.45) is 0. The number of benzene rings is 1. The van der Waals surface area contributed by atoms with Crippen LogP contribution in [0.5, 0.6) is 0 Å². The van der Waals surface area contributed by atoms with Crippen LogP contribution in [0.4, 0.5) is 0 Å². The molecule has 0 aromatic heterocycles. The summed E-state index contributed by atoms with van der Waals surface area (Å²) < 4.78 is 5.14. The molecular weight excluding hydrogens is 226 g/mol. The summed E-state index contributed by atoms with van der Waals surface area (Å²) in [5, 5.41) is 11.8. The standard InChI is InChI=1S/C12H19NO2.ClH/c1-11-4-2-3-5-12(11)10-13-6-8-15-9-7-14;/h2-5,13-14H,6-10H2,1H3;1H. The minimum Gasteiger partial charge on any atom is -0.394 e. The van der Waals surface area contributed by atoms with Crippen molar-refractivity contribution in [3.05, 3.63) is 35.4 Å². The molecule has 16 heavy (non-hydrogen) atoms. The SMILES string of the molecule is Cc1ccccc1CNCCOCCO.Cl. The van der Waals surface area contributed by atoms with E-state index in [9.17, 15) is 0 Å². The third-order valence-corrected chi connectivity index (χ3v) is 2.24. The number of nitrogens with one attached hydrogen (secondary N) is 1. The Morgan fingerprint density at radius 3 is 2.69 bits per heavy atom. The van der Waals surface area contributed by atoms with Crippen LogP contribution in [0.25, 0.3) is 0 Å². The van der Waals surface area contributed by atoms with Crippen LogP contribution < -0.4 is 5.32 Å². The average Bonchev–Trinajstić information content (AvgIpc) is 2.25. The molecule has 2 N–H and O–H groups in total. The van der Waals surface area contributed by atoms with Gasteiger partial charge < -0.3 is 15.2 Å². The summed E-state index contributed by atoms with van der Waals surface area (Å²) in [7, 11) is 0. The number of aryl methyl sites for hydroxylation is 1. The van der Waals surface area contributed by atoms with Gasteiger partial charge in [-0.2, -0.15) is 0 Å². The minimum atomic E-state index is 0. The normalized spacial score (nSPS) is 9.88. The van der Waals surface area contributed by atoms with E-state index in [1.807, 2.05) is 12.1 Å². The number of ether oxygens (including phenoxy) is 1. The van der Waals surface area contributed by atoms with Crippen molar-refractivity contribution in [3.8, 4) is 0 Å². The summed E-state index contributed by atoms with van der Waals surface area (Å²) in [6, 6.07) is 8.33. The van der Waals surface area contributed by atoms with Gasteiger partial charge in [0.25, 0.3) is 0 Å². The van der Waals surface area contributed by atoms with Gasteiger partial charge in [-0.05, 0) is 18.1 Å². The van der Waals surface area contributed by atoms with E-state index in [1.165, 1.54) is 11.1 Å². The molecule has 0 heterocycles. The molecule has 1 rings (SSSR count). The Labute approximate surface area is 103 Å². The largest absolute Gasteiger partial charge is 0.394 e. The van der Waals surface area contributed by atoms with Gasteiger partial charge in [-0.1, -0.05) is 24.3 Å². The molecule has 0 amide bonds. The molecule has 0 radical (unpaired) electrons. The van der Waals surface area contributed by atoms with Gasteiger partial charge in [0.1, 0.15) is 0 Å². The van der Waals surface area contributed by atoms with Gasteiger partial charge in [-0.25, -0.2) is 0 Å². The molecule has 0 unspecified atom stereocenters. The molecule has 1 aromatic carbocycles. The number of halogens is 1. The van der Waals surface area contributed by atoms with Crippen molar-refractivity contribution in [1.82, 2.24) is 5.32 Å². The van der Waals surface area contributed by atoms with Gasteiger partial charge in [0, 0.05) is 13.1 Å². The molecule has 0 saturated heterocycles. The van der Waals surface area contributed by atoms with Gasteiger partial charge >= 0.3 is 0 Å². The molecule has 0 aliphatic heterocycles. The molecule has 4 heteroatoms. The molecule has 0 aliphatic carbocycles. The summed E-state index contributed by atoms with van der Waals surface area (Å²) >= 11 is 0. The van der Waals surface area contributed by atoms with Crippen LogP contribution in [0.1, 0.15) is 11.1 Å². The first-order chi connectivity index (χ1) is 7.34. The Morgan fingerprint density at radius 2 is 2.00 bits per heavy atom. The third-order valence-electron chi connectivity index (χ3n) is 2.24. The number of rotatable bonds is 7. The quantitative estimate of drug-likeness (QED) is 0.716. The first-order valence-corrected chi connectivity index (χ1v) is 5.28. The first-order valence-electron chi connectivity index (χ1n) is 5.28. The van der Waals surface area contributed by atoms with Crippen LogP contribution in [0.2, 0.25) is 0 Å². The van der Waals surface area contributed by atoms with Gasteiger partial charge in [-0.15, -0.1) is 12.4 Å². The molecule has 0 fully saturated rings. The van der Waals surface area contributed by atoms with Gasteiger partial charge in [0.2, 0.25) is 0 Å². The molecule has 0 saturated carbocycles. The lowest BCUT2D eigenvalue weighted by atomic mass is 10.1. The zero-order valence-corrected chi connectivity index (χ0v) is 10.4. The van der Waals surface area contributed by atoms with E-state index in [2.05, 4.69) is 24.4 Å². The number of aliphatic hydroxyl groups is 1. The van der Waals surface area contributed by atoms with Crippen molar-refractivity contribution >= 4 is 12.4 Å². The van der Waals surface area contributed by atoms with Crippen molar-refractivity contribution in [2.75, 3.05) is 26.4 Å². The minimum absolute atomic E-state index is 0. The van der Waals surface area contributed by atoms with E-state index >= 15 is 0 Å². The van der Waals surface area contributed by atoms with Crippen LogP contribution in [0.15, 0.2) is 24.3 Å². The van der Waals surface area contributed by atoms with E-state index in [0.29, 0.717) is 13.2 Å². The Kier molecular flexibility index (Phi) is 9.24. The summed E-state index contributed by atoms with van der Waals surface area (Å²) in [5.41, 5.74) is 2.63. The molecule has 0 atom stereocenters. The van der Waals surface area contributed by atoms with Crippen LogP contribution in [-0.2, 0) is 11.3 Å². The van der Waals surface area contributed by atoms with Gasteiger partial charge in [0.05, 0.1) is 19.8 Å². The maximum atomic E-state index is 8.49. The van der Waals surface area contributed by atoms with Crippen molar-refractivity contribution in [2.24, 2.45) is 0 Å². The Bertz CT molecular complexity index is 281. The highest BCUT2D eigenvalue weighted by atomic mass is 35.5. The van der Waals surface area contributed by atoms with Crippen LogP contribution >= 0.6 is 12.4 Å². The zero-order valence-electron chi connectivity index (χ0n) is 9.61. The van der Waals surface area contributed by atoms with Crippen molar-refractivity contribution in [2.45, 2.75) is 13.5 Å². The van der Waals surface area contributed by atoms with E-state index < -0.39 is 0 Å². The molecule has 0 bridgehead atoms. The lowest BCUT2D eigenvalue weighted by Gasteiger charge is -2.07. The fourth-order valence-electron chi connectivity index (χ4n) is 1.34. The van der Waals surface area contributed by atoms with E-state index in [0.717, 1.165) is 13.1 Å². The Morgan fingerprint density at radius 1 is 1.25 bits per heavy atom. The van der Waals surface area contributed by atoms with Crippen LogP contribution in [-0.4, -0.2) is 31.5 Å². The van der Waals surface area contributed by atoms with Gasteiger partial charge in [-0.3, -0.25) is 0 Å². The second-order valence-corrected chi connectivity index (χ2v) is 3.44. The summed E-state index contributed by atoms with van der Waals surface area (Å²) in [4.78, 5) is 0. The number of aliphatic hydroxyl groups excluding tert-OH is 1. The van der Waals surface area contributed by atoms with E-state index in [-0.39, 0.29) is 19.0 Å². The highest BCUT2D eigenvalue weighted by molar-refractivity contribution is 5.85. The lowest BCUT2D eigenvalue weighted by Crippen LogP contribution is -2.20. The second-order valence-electron chi connectivity index (χ2n) is 3.44. The number of hydrogen-bond acceptors (Lipinski definition) is 3. The highest BCUT2D eigenvalue weighted by Crippen LogP contribution is 2.05. The van der Waals surface area contributed by atoms with E-state index in [4.69, 9.17) is 9.84 Å². The molecule has 92 valence electrons. The Hall–Kier alpha value is -0.610. The van der Waals surface area contributed by atoms with Crippen molar-refractivity contribution in [1.29, 1.82) is 0 Å². The maximum absolute atomic E-state index is 8.49. The monoisotopic (exact) mass is 245 g/mol. The molecule has 0 spiro atoms. The van der Waals surface area contributed by atoms with E-state index in [1.54, 1.807) is 0 Å². The third kappa shape index (κ3) is 6.08. The zero-order chi connectivity index (χ0) is 10.9. The molecular formula is C12H20ClNO2. The number of hydrogen-bond donors (Lipinski definition) is 2. The first kappa shape index (κ1) is 15.4. The van der Waals surface area contributed by atoms with Crippen LogP contribution in [0, 0.1) is 6.92 Å². The topological polar surface area (TPSA) is 41.5 Å². The average molecular weight is 246 g/mol. The van der Waals surface area contributed by atoms with Gasteiger partial charge in [0.15, 0.2) is 0 Å². The summed E-state index contributed by atoms with van der Waals surface area (Å²) in [5.74, 6) is 0. The van der Waals surface area contributed by atoms with Crippen molar-refractivity contribution < 1.29 is 9.84 Å². The summed E-state index contributed by atoms with van der Waals surface area (Å²) in [6.45, 7) is 4.96. The lowest BCUT2D eigenvalue weighted by molar-refractivity contribution is 0.0938. The highest BCUT2D eigenvalue weighted by Gasteiger charge is 1.95. The smallest absolute Gasteiger partial charge is 0.0698 e. The maximum Gasteiger partial charge on any atom is 0.0698 e. The van der Waals surface area contributed by atoms with Crippen molar-refractivity contribution in [3.63, 3.8) is 0 Å². The predicted molar refractivity (Wildman–Crippen MR) is 68.0 cm³/mol. The second kappa shape index (κ2) is 9.60. The fraction of sp³-hybridized carbons (Fsp3) is 0.500. The predicted octanol–water partition coefficient (Wildman–Crippen LogP) is 1.52. The van der Waals surface area contributed by atoms with Crippen LogP contribution in [0.3, 0.4) is 0 Å². The molecule has 0 aliphatic rings. The Balaban J connectivity index is 0.00000225. The fourth-order valence-corrected chi connectivity index (χ4v) is 1.34. The molecule has 1 aromatic rings.